The van der Waals surface area contributed by atoms with Crippen LogP contribution in [0.25, 0.3) is 0 Å². The predicted octanol–water partition coefficient (Wildman–Crippen LogP) is 4.02. The number of hydrogen-bond acceptors (Lipinski definition) is 2. The molecule has 4 heteroatoms. The van der Waals surface area contributed by atoms with Gasteiger partial charge in [0.25, 0.3) is 5.91 Å². The SMILES string of the molecule is CC[C@H](NC(=O)c1cccc(F)c1)c1ccc(OC)c(C)c1. The molecule has 2 aromatic carbocycles. The van der Waals surface area contributed by atoms with Gasteiger partial charge < -0.3 is 10.1 Å². The van der Waals surface area contributed by atoms with E-state index in [9.17, 15) is 9.18 Å². The normalized spacial score (nSPS) is 11.8. The first-order valence-electron chi connectivity index (χ1n) is 7.26. The van der Waals surface area contributed by atoms with E-state index in [-0.39, 0.29) is 11.9 Å². The monoisotopic (exact) mass is 301 g/mol. The van der Waals surface area contributed by atoms with Crippen molar-refractivity contribution in [3.05, 3.63) is 65.0 Å². The third-order valence-corrected chi connectivity index (χ3v) is 3.62. The standard InChI is InChI=1S/C18H20FNO2/c1-4-16(13-8-9-17(22-3)12(2)10-13)20-18(21)14-6-5-7-15(19)11-14/h5-11,16H,4H2,1-3H3,(H,20,21)/t16-/m0/s1. The molecular formula is C18H20FNO2. The van der Waals surface area contributed by atoms with Gasteiger partial charge in [0.1, 0.15) is 11.6 Å². The third-order valence-electron chi connectivity index (χ3n) is 3.62. The van der Waals surface area contributed by atoms with Crippen LogP contribution in [-0.2, 0) is 0 Å². The Balaban J connectivity index is 2.18. The molecule has 0 heterocycles. The molecule has 0 radical (unpaired) electrons. The van der Waals surface area contributed by atoms with Gasteiger partial charge >= 0.3 is 0 Å². The molecule has 0 aromatic heterocycles. The van der Waals surface area contributed by atoms with Gasteiger partial charge in [-0.15, -0.1) is 0 Å². The van der Waals surface area contributed by atoms with E-state index in [0.29, 0.717) is 5.56 Å². The molecule has 0 fully saturated rings. The zero-order valence-corrected chi connectivity index (χ0v) is 13.0. The van der Waals surface area contributed by atoms with Crippen LogP contribution < -0.4 is 10.1 Å². The molecule has 0 unspecified atom stereocenters. The third kappa shape index (κ3) is 3.64. The van der Waals surface area contributed by atoms with Gasteiger partial charge in [0.2, 0.25) is 0 Å². The predicted molar refractivity (Wildman–Crippen MR) is 84.6 cm³/mol. The summed E-state index contributed by atoms with van der Waals surface area (Å²) in [7, 11) is 1.63. The number of hydrogen-bond donors (Lipinski definition) is 1. The highest BCUT2D eigenvalue weighted by molar-refractivity contribution is 5.94. The lowest BCUT2D eigenvalue weighted by Crippen LogP contribution is -2.28. The van der Waals surface area contributed by atoms with Crippen molar-refractivity contribution >= 4 is 5.91 Å². The maximum absolute atomic E-state index is 13.2. The van der Waals surface area contributed by atoms with E-state index < -0.39 is 5.82 Å². The van der Waals surface area contributed by atoms with Crippen molar-refractivity contribution in [3.63, 3.8) is 0 Å². The minimum absolute atomic E-state index is 0.125. The van der Waals surface area contributed by atoms with Gasteiger partial charge in [-0.3, -0.25) is 4.79 Å². The summed E-state index contributed by atoms with van der Waals surface area (Å²) >= 11 is 0. The Labute approximate surface area is 130 Å². The lowest BCUT2D eigenvalue weighted by Gasteiger charge is -2.19. The maximum Gasteiger partial charge on any atom is 0.251 e. The second kappa shape index (κ2) is 7.07. The van der Waals surface area contributed by atoms with Crippen molar-refractivity contribution in [1.29, 1.82) is 0 Å². The number of nitrogens with one attached hydrogen (secondary N) is 1. The van der Waals surface area contributed by atoms with Gasteiger partial charge in [0, 0.05) is 5.56 Å². The Morgan fingerprint density at radius 2 is 2.05 bits per heavy atom. The molecule has 0 aliphatic heterocycles. The fourth-order valence-electron chi connectivity index (χ4n) is 2.41. The van der Waals surface area contributed by atoms with E-state index in [1.165, 1.54) is 18.2 Å². The molecule has 0 bridgehead atoms. The number of carbonyl (C=O) groups excluding carboxylic acids is 1. The van der Waals surface area contributed by atoms with Gasteiger partial charge in [-0.05, 0) is 48.7 Å². The summed E-state index contributed by atoms with van der Waals surface area (Å²) in [6, 6.07) is 11.4. The Morgan fingerprint density at radius 3 is 2.64 bits per heavy atom. The number of benzene rings is 2. The van der Waals surface area contributed by atoms with E-state index >= 15 is 0 Å². The zero-order chi connectivity index (χ0) is 16.1. The van der Waals surface area contributed by atoms with Crippen LogP contribution in [0.15, 0.2) is 42.5 Å². The molecule has 2 aromatic rings. The van der Waals surface area contributed by atoms with Crippen LogP contribution in [0.1, 0.15) is 40.9 Å². The average molecular weight is 301 g/mol. The van der Waals surface area contributed by atoms with Crippen molar-refractivity contribution in [3.8, 4) is 5.75 Å². The van der Waals surface area contributed by atoms with Crippen LogP contribution in [-0.4, -0.2) is 13.0 Å². The second-order valence-corrected chi connectivity index (χ2v) is 5.17. The fraction of sp³-hybridized carbons (Fsp3) is 0.278. The van der Waals surface area contributed by atoms with Crippen LogP contribution in [0.2, 0.25) is 0 Å². The summed E-state index contributed by atoms with van der Waals surface area (Å²) in [5.74, 6) is 0.121. The first-order valence-corrected chi connectivity index (χ1v) is 7.26. The lowest BCUT2D eigenvalue weighted by atomic mass is 10.0. The molecule has 116 valence electrons. The average Bonchev–Trinajstić information content (AvgIpc) is 2.52. The quantitative estimate of drug-likeness (QED) is 0.905. The van der Waals surface area contributed by atoms with Gasteiger partial charge in [-0.1, -0.05) is 25.1 Å². The fourth-order valence-corrected chi connectivity index (χ4v) is 2.41. The Bertz CT molecular complexity index is 670. The van der Waals surface area contributed by atoms with E-state index in [1.54, 1.807) is 13.2 Å². The highest BCUT2D eigenvalue weighted by Gasteiger charge is 2.15. The molecule has 1 N–H and O–H groups in total. The number of amides is 1. The number of rotatable bonds is 5. The van der Waals surface area contributed by atoms with Crippen molar-refractivity contribution in [2.75, 3.05) is 7.11 Å². The van der Waals surface area contributed by atoms with Crippen molar-refractivity contribution in [2.24, 2.45) is 0 Å². The lowest BCUT2D eigenvalue weighted by molar-refractivity contribution is 0.0935. The minimum Gasteiger partial charge on any atom is -0.496 e. The highest BCUT2D eigenvalue weighted by Crippen LogP contribution is 2.24. The van der Waals surface area contributed by atoms with Gasteiger partial charge in [-0.25, -0.2) is 4.39 Å². The number of carbonyl (C=O) groups is 1. The van der Waals surface area contributed by atoms with E-state index in [1.807, 2.05) is 32.0 Å². The first kappa shape index (κ1) is 16.0. The van der Waals surface area contributed by atoms with E-state index in [2.05, 4.69) is 5.32 Å². The van der Waals surface area contributed by atoms with Crippen LogP contribution >= 0.6 is 0 Å². The van der Waals surface area contributed by atoms with Crippen LogP contribution in [0.4, 0.5) is 4.39 Å². The van der Waals surface area contributed by atoms with Crippen molar-refractivity contribution in [2.45, 2.75) is 26.3 Å². The molecule has 0 aliphatic carbocycles. The maximum atomic E-state index is 13.2. The van der Waals surface area contributed by atoms with Crippen LogP contribution in [0.3, 0.4) is 0 Å². The number of methoxy groups -OCH3 is 1. The smallest absolute Gasteiger partial charge is 0.251 e. The summed E-state index contributed by atoms with van der Waals surface area (Å²) in [6.45, 7) is 3.96. The summed E-state index contributed by atoms with van der Waals surface area (Å²) < 4.78 is 18.5. The molecule has 1 atom stereocenters. The van der Waals surface area contributed by atoms with Crippen molar-refractivity contribution in [1.82, 2.24) is 5.32 Å². The summed E-state index contributed by atoms with van der Waals surface area (Å²) in [4.78, 5) is 12.2. The topological polar surface area (TPSA) is 38.3 Å². The summed E-state index contributed by atoms with van der Waals surface area (Å²) in [6.07, 6.45) is 0.743. The Kier molecular flexibility index (Phi) is 5.15. The van der Waals surface area contributed by atoms with Crippen molar-refractivity contribution < 1.29 is 13.9 Å². The highest BCUT2D eigenvalue weighted by atomic mass is 19.1. The zero-order valence-electron chi connectivity index (χ0n) is 13.0. The largest absolute Gasteiger partial charge is 0.496 e. The molecule has 0 saturated carbocycles. The molecule has 0 spiro atoms. The molecule has 3 nitrogen and oxygen atoms in total. The van der Waals surface area contributed by atoms with E-state index in [0.717, 1.165) is 23.3 Å². The number of ether oxygens (including phenoxy) is 1. The second-order valence-electron chi connectivity index (χ2n) is 5.17. The van der Waals surface area contributed by atoms with E-state index in [4.69, 9.17) is 4.74 Å². The van der Waals surface area contributed by atoms with Gasteiger partial charge in [0.15, 0.2) is 0 Å². The Hall–Kier alpha value is -2.36. The molecule has 0 aliphatic rings. The molecule has 0 saturated heterocycles. The Morgan fingerprint density at radius 1 is 1.27 bits per heavy atom. The molecule has 22 heavy (non-hydrogen) atoms. The summed E-state index contributed by atoms with van der Waals surface area (Å²) in [5.41, 5.74) is 2.34. The molecular weight excluding hydrogens is 281 g/mol. The van der Waals surface area contributed by atoms with Gasteiger partial charge in [0.05, 0.1) is 13.2 Å². The first-order chi connectivity index (χ1) is 10.5. The van der Waals surface area contributed by atoms with Crippen LogP contribution in [0, 0.1) is 12.7 Å². The minimum atomic E-state index is -0.416. The number of aryl methyl sites for hydroxylation is 1. The summed E-state index contributed by atoms with van der Waals surface area (Å²) in [5, 5.41) is 2.94. The number of halogens is 1. The van der Waals surface area contributed by atoms with Gasteiger partial charge in [-0.2, -0.15) is 0 Å². The van der Waals surface area contributed by atoms with Crippen LogP contribution in [0.5, 0.6) is 5.75 Å². The molecule has 2 rings (SSSR count). The molecule has 1 amide bonds.